The lowest BCUT2D eigenvalue weighted by molar-refractivity contribution is -0.457. The molecular formula is C21H40O7Si. The molecule has 2 fully saturated rings. The molecule has 29 heavy (non-hydrogen) atoms. The normalized spacial score (nSPS) is 38.8. The quantitative estimate of drug-likeness (QED) is 0.344. The average molecular weight is 433 g/mol. The lowest BCUT2D eigenvalue weighted by Gasteiger charge is -2.57. The minimum atomic E-state index is -2.15. The fraction of sp³-hybridized carbons (Fsp3) is 0.905. The molecule has 2 aliphatic rings. The Morgan fingerprint density at radius 1 is 1.07 bits per heavy atom. The van der Waals surface area contributed by atoms with Crippen LogP contribution in [0.3, 0.4) is 0 Å². The highest BCUT2D eigenvalue weighted by molar-refractivity contribution is 6.74. The highest BCUT2D eigenvalue weighted by Crippen LogP contribution is 2.47. The molecule has 1 aliphatic carbocycles. The van der Waals surface area contributed by atoms with Gasteiger partial charge in [-0.15, -0.1) is 0 Å². The summed E-state index contributed by atoms with van der Waals surface area (Å²) in [4.78, 5) is 0. The van der Waals surface area contributed by atoms with Crippen LogP contribution in [-0.4, -0.2) is 72.4 Å². The van der Waals surface area contributed by atoms with Gasteiger partial charge in [-0.05, 0) is 44.0 Å². The summed E-state index contributed by atoms with van der Waals surface area (Å²) in [7, 11) is 2.63. The van der Waals surface area contributed by atoms with Gasteiger partial charge in [0.05, 0.1) is 6.10 Å². The summed E-state index contributed by atoms with van der Waals surface area (Å²) in [5, 5.41) is 0.0220. The number of hydrogen-bond acceptors (Lipinski definition) is 7. The van der Waals surface area contributed by atoms with Gasteiger partial charge in [0.25, 0.3) is 0 Å². The number of fused-ring (bicyclic) bond motifs is 1. The van der Waals surface area contributed by atoms with Gasteiger partial charge in [-0.25, -0.2) is 0 Å². The Bertz CT molecular complexity index is 590. The Balaban J connectivity index is 2.44. The van der Waals surface area contributed by atoms with Crippen molar-refractivity contribution in [3.05, 3.63) is 12.2 Å². The number of ether oxygens (including phenoxy) is 6. The van der Waals surface area contributed by atoms with Crippen LogP contribution in [0, 0.1) is 0 Å². The van der Waals surface area contributed by atoms with Gasteiger partial charge in [0, 0.05) is 21.3 Å². The molecule has 170 valence electrons. The molecule has 0 spiro atoms. The molecule has 7 nitrogen and oxygen atoms in total. The van der Waals surface area contributed by atoms with Gasteiger partial charge in [-0.2, -0.15) is 0 Å². The summed E-state index contributed by atoms with van der Waals surface area (Å²) in [6, 6.07) is 0. The second kappa shape index (κ2) is 8.67. The molecule has 0 amide bonds. The Labute approximate surface area is 177 Å². The average Bonchev–Trinajstić information content (AvgIpc) is 2.62. The maximum Gasteiger partial charge on any atom is 0.220 e. The van der Waals surface area contributed by atoms with E-state index < -0.39 is 32.1 Å². The van der Waals surface area contributed by atoms with E-state index in [1.807, 2.05) is 13.8 Å². The van der Waals surface area contributed by atoms with E-state index >= 15 is 0 Å². The van der Waals surface area contributed by atoms with Crippen LogP contribution in [0.25, 0.3) is 0 Å². The molecule has 0 aromatic rings. The molecule has 6 atom stereocenters. The molecule has 1 aliphatic heterocycles. The maximum atomic E-state index is 6.83. The molecule has 0 radical (unpaired) electrons. The molecule has 1 saturated carbocycles. The molecule has 0 bridgehead atoms. The lowest BCUT2D eigenvalue weighted by atomic mass is 9.84. The number of hydrogen-bond donors (Lipinski definition) is 0. The topological polar surface area (TPSA) is 64.6 Å². The summed E-state index contributed by atoms with van der Waals surface area (Å²) >= 11 is 0. The van der Waals surface area contributed by atoms with Crippen LogP contribution in [0.1, 0.15) is 41.0 Å². The van der Waals surface area contributed by atoms with E-state index in [1.165, 1.54) is 0 Å². The first-order valence-corrected chi connectivity index (χ1v) is 13.1. The van der Waals surface area contributed by atoms with Crippen molar-refractivity contribution < 1.29 is 32.8 Å². The first kappa shape index (κ1) is 24.9. The van der Waals surface area contributed by atoms with Crippen molar-refractivity contribution in [1.29, 1.82) is 0 Å². The van der Waals surface area contributed by atoms with E-state index in [4.69, 9.17) is 32.8 Å². The molecular weight excluding hydrogens is 392 g/mol. The number of rotatable bonds is 7. The summed E-state index contributed by atoms with van der Waals surface area (Å²) in [6.07, 6.45) is -0.859. The fourth-order valence-electron chi connectivity index (χ4n) is 3.59. The third kappa shape index (κ3) is 4.65. The van der Waals surface area contributed by atoms with Crippen LogP contribution >= 0.6 is 0 Å². The highest BCUT2D eigenvalue weighted by Gasteiger charge is 2.61. The maximum absolute atomic E-state index is 6.83. The zero-order valence-corrected chi connectivity index (χ0v) is 20.8. The van der Waals surface area contributed by atoms with E-state index in [0.717, 1.165) is 5.57 Å². The van der Waals surface area contributed by atoms with Gasteiger partial charge in [-0.1, -0.05) is 27.4 Å². The van der Waals surface area contributed by atoms with Crippen LogP contribution in [0.15, 0.2) is 12.2 Å². The monoisotopic (exact) mass is 432 g/mol. The minimum absolute atomic E-state index is 0.0220. The summed E-state index contributed by atoms with van der Waals surface area (Å²) < 4.78 is 42.3. The Morgan fingerprint density at radius 3 is 2.10 bits per heavy atom. The molecule has 8 heteroatoms. The van der Waals surface area contributed by atoms with Gasteiger partial charge in [0.1, 0.15) is 25.1 Å². The van der Waals surface area contributed by atoms with Crippen LogP contribution in [0.5, 0.6) is 0 Å². The summed E-state index contributed by atoms with van der Waals surface area (Å²) in [5.41, 5.74) is 0.898. The standard InChI is InChI=1S/C21H40O7Si/c1-14-12-15-17(27-21(6,24-9)20(5,23-8)26-15)18(16(14)25-13-22-7)28-29(10,11)19(2,3)4/h15-18H,1,12-13H2,2-11H3/t15-,16+,17+,18-,20-,21-/m1/s1. The van der Waals surface area contributed by atoms with Crippen molar-refractivity contribution in [2.45, 2.75) is 95.2 Å². The highest BCUT2D eigenvalue weighted by atomic mass is 28.4. The van der Waals surface area contributed by atoms with E-state index in [2.05, 4.69) is 40.4 Å². The first-order chi connectivity index (χ1) is 13.2. The number of methoxy groups -OCH3 is 3. The third-order valence-electron chi connectivity index (χ3n) is 6.80. The van der Waals surface area contributed by atoms with Crippen molar-refractivity contribution in [3.63, 3.8) is 0 Å². The Hall–Kier alpha value is -0.323. The molecule has 0 unspecified atom stereocenters. The van der Waals surface area contributed by atoms with Crippen LogP contribution < -0.4 is 0 Å². The van der Waals surface area contributed by atoms with Gasteiger partial charge < -0.3 is 32.8 Å². The molecule has 0 aromatic heterocycles. The van der Waals surface area contributed by atoms with Crippen LogP contribution in [-0.2, 0) is 32.8 Å². The molecule has 1 saturated heterocycles. The van der Waals surface area contributed by atoms with Crippen LogP contribution in [0.2, 0.25) is 18.1 Å². The van der Waals surface area contributed by atoms with Crippen molar-refractivity contribution in [2.75, 3.05) is 28.1 Å². The van der Waals surface area contributed by atoms with Crippen LogP contribution in [0.4, 0.5) is 0 Å². The predicted octanol–water partition coefficient (Wildman–Crippen LogP) is 3.84. The molecule has 2 rings (SSSR count). The van der Waals surface area contributed by atoms with Gasteiger partial charge in [0.15, 0.2) is 8.32 Å². The third-order valence-corrected chi connectivity index (χ3v) is 11.3. The lowest BCUT2D eigenvalue weighted by Crippen LogP contribution is -2.70. The molecule has 0 N–H and O–H groups in total. The smallest absolute Gasteiger partial charge is 0.220 e. The fourth-order valence-corrected chi connectivity index (χ4v) is 4.88. The van der Waals surface area contributed by atoms with E-state index in [1.54, 1.807) is 21.3 Å². The van der Waals surface area contributed by atoms with Gasteiger partial charge >= 0.3 is 0 Å². The molecule has 0 aromatic carbocycles. The second-order valence-electron chi connectivity index (χ2n) is 9.74. The van der Waals surface area contributed by atoms with E-state index in [-0.39, 0.29) is 24.0 Å². The zero-order chi connectivity index (χ0) is 22.3. The Kier molecular flexibility index (Phi) is 7.45. The summed E-state index contributed by atoms with van der Waals surface area (Å²) in [6.45, 7) is 19.1. The van der Waals surface area contributed by atoms with E-state index in [0.29, 0.717) is 6.42 Å². The molecule has 1 heterocycles. The van der Waals surface area contributed by atoms with Gasteiger partial charge in [-0.3, -0.25) is 0 Å². The van der Waals surface area contributed by atoms with E-state index in [9.17, 15) is 0 Å². The SMILES string of the molecule is C=C1C[C@H]2O[C@@](C)(OC)[C@](C)(OC)O[C@@H]2[C@H](O[Si](C)(C)C(C)(C)C)[C@H]1OCOC. The zero-order valence-electron chi connectivity index (χ0n) is 19.8. The first-order valence-electron chi connectivity index (χ1n) is 10.2. The predicted molar refractivity (Wildman–Crippen MR) is 113 cm³/mol. The Morgan fingerprint density at radius 2 is 1.62 bits per heavy atom. The van der Waals surface area contributed by atoms with Crippen molar-refractivity contribution in [1.82, 2.24) is 0 Å². The van der Waals surface area contributed by atoms with Crippen molar-refractivity contribution >= 4 is 8.32 Å². The summed E-state index contributed by atoms with van der Waals surface area (Å²) in [5.74, 6) is -2.17. The van der Waals surface area contributed by atoms with Gasteiger partial charge in [0.2, 0.25) is 11.6 Å². The van der Waals surface area contributed by atoms with Crippen molar-refractivity contribution in [2.24, 2.45) is 0 Å². The largest absolute Gasteiger partial charge is 0.408 e. The van der Waals surface area contributed by atoms with Crippen molar-refractivity contribution in [3.8, 4) is 0 Å². The second-order valence-corrected chi connectivity index (χ2v) is 14.5. The minimum Gasteiger partial charge on any atom is -0.408 e.